The molecule has 1 aliphatic rings. The molecule has 1 aromatic rings. The lowest BCUT2D eigenvalue weighted by molar-refractivity contribution is 0.226. The fraction of sp³-hybridized carbons (Fsp3) is 0.692. The highest BCUT2D eigenvalue weighted by atomic mass is 15.1. The Morgan fingerprint density at radius 3 is 2.41 bits per heavy atom. The molecule has 0 radical (unpaired) electrons. The third kappa shape index (κ3) is 3.66. The van der Waals surface area contributed by atoms with E-state index in [0.717, 1.165) is 29.8 Å². The maximum Gasteiger partial charge on any atom is 0.223 e. The standard InChI is InChI=1S/C13H22N4/c1-10-8-11(2)16-13(15-10)14-9-12-4-6-17(3)7-5-12/h8,12H,4-7,9H2,1-3H3,(H,14,15,16). The van der Waals surface area contributed by atoms with Crippen molar-refractivity contribution in [2.24, 2.45) is 5.92 Å². The Morgan fingerprint density at radius 2 is 1.82 bits per heavy atom. The van der Waals surface area contributed by atoms with Crippen LogP contribution in [0.5, 0.6) is 0 Å². The smallest absolute Gasteiger partial charge is 0.223 e. The summed E-state index contributed by atoms with van der Waals surface area (Å²) in [5, 5.41) is 3.37. The van der Waals surface area contributed by atoms with Crippen LogP contribution >= 0.6 is 0 Å². The summed E-state index contributed by atoms with van der Waals surface area (Å²) < 4.78 is 0. The zero-order valence-corrected chi connectivity index (χ0v) is 11.0. The Balaban J connectivity index is 1.85. The second-order valence-electron chi connectivity index (χ2n) is 5.10. The summed E-state index contributed by atoms with van der Waals surface area (Å²) in [5.74, 6) is 1.54. The van der Waals surface area contributed by atoms with Crippen molar-refractivity contribution < 1.29 is 0 Å². The van der Waals surface area contributed by atoms with Crippen LogP contribution in [0.4, 0.5) is 5.95 Å². The molecule has 0 amide bonds. The molecule has 2 rings (SSSR count). The molecule has 4 heteroatoms. The van der Waals surface area contributed by atoms with Crippen LogP contribution < -0.4 is 5.32 Å². The Hall–Kier alpha value is -1.16. The van der Waals surface area contributed by atoms with E-state index in [1.807, 2.05) is 19.9 Å². The summed E-state index contributed by atoms with van der Waals surface area (Å²) >= 11 is 0. The number of hydrogen-bond donors (Lipinski definition) is 1. The second-order valence-corrected chi connectivity index (χ2v) is 5.10. The van der Waals surface area contributed by atoms with E-state index in [1.165, 1.54) is 25.9 Å². The molecule has 1 N–H and O–H groups in total. The molecule has 0 aliphatic carbocycles. The predicted molar refractivity (Wildman–Crippen MR) is 70.2 cm³/mol. The van der Waals surface area contributed by atoms with Gasteiger partial charge >= 0.3 is 0 Å². The van der Waals surface area contributed by atoms with Crippen LogP contribution in [0.1, 0.15) is 24.2 Å². The van der Waals surface area contributed by atoms with E-state index in [9.17, 15) is 0 Å². The van der Waals surface area contributed by atoms with Crippen molar-refractivity contribution in [2.75, 3.05) is 32.0 Å². The predicted octanol–water partition coefficient (Wildman–Crippen LogP) is 1.85. The van der Waals surface area contributed by atoms with Gasteiger partial charge in [0.2, 0.25) is 5.95 Å². The zero-order valence-electron chi connectivity index (χ0n) is 11.0. The van der Waals surface area contributed by atoms with Gasteiger partial charge in [-0.15, -0.1) is 0 Å². The van der Waals surface area contributed by atoms with E-state index < -0.39 is 0 Å². The fourth-order valence-corrected chi connectivity index (χ4v) is 2.31. The maximum absolute atomic E-state index is 4.40. The first-order valence-electron chi connectivity index (χ1n) is 6.38. The summed E-state index contributed by atoms with van der Waals surface area (Å²) in [5.41, 5.74) is 2.06. The first-order valence-corrected chi connectivity index (χ1v) is 6.38. The molecule has 0 saturated carbocycles. The number of nitrogens with one attached hydrogen (secondary N) is 1. The number of aromatic nitrogens is 2. The highest BCUT2D eigenvalue weighted by Crippen LogP contribution is 2.16. The van der Waals surface area contributed by atoms with Gasteiger partial charge < -0.3 is 10.2 Å². The first-order chi connectivity index (χ1) is 8.13. The van der Waals surface area contributed by atoms with Crippen LogP contribution in [0, 0.1) is 19.8 Å². The molecular formula is C13H22N4. The van der Waals surface area contributed by atoms with Gasteiger partial charge in [0.25, 0.3) is 0 Å². The van der Waals surface area contributed by atoms with Crippen molar-refractivity contribution >= 4 is 5.95 Å². The van der Waals surface area contributed by atoms with Crippen molar-refractivity contribution in [1.82, 2.24) is 14.9 Å². The van der Waals surface area contributed by atoms with Gasteiger partial charge in [-0.3, -0.25) is 0 Å². The summed E-state index contributed by atoms with van der Waals surface area (Å²) in [4.78, 5) is 11.2. The highest BCUT2D eigenvalue weighted by molar-refractivity contribution is 5.27. The molecule has 0 aromatic carbocycles. The second kappa shape index (κ2) is 5.45. The van der Waals surface area contributed by atoms with Gasteiger partial charge in [-0.2, -0.15) is 0 Å². The largest absolute Gasteiger partial charge is 0.354 e. The quantitative estimate of drug-likeness (QED) is 0.866. The van der Waals surface area contributed by atoms with Crippen LogP contribution in [-0.2, 0) is 0 Å². The van der Waals surface area contributed by atoms with E-state index in [-0.39, 0.29) is 0 Å². The molecule has 1 fully saturated rings. The van der Waals surface area contributed by atoms with Gasteiger partial charge in [-0.25, -0.2) is 9.97 Å². The minimum Gasteiger partial charge on any atom is -0.354 e. The number of aryl methyl sites for hydroxylation is 2. The average molecular weight is 234 g/mol. The van der Waals surface area contributed by atoms with Crippen molar-refractivity contribution in [1.29, 1.82) is 0 Å². The number of likely N-dealkylation sites (tertiary alicyclic amines) is 1. The van der Waals surface area contributed by atoms with Crippen LogP contribution in [0.3, 0.4) is 0 Å². The Labute approximate surface area is 103 Å². The van der Waals surface area contributed by atoms with E-state index >= 15 is 0 Å². The number of nitrogens with zero attached hydrogens (tertiary/aromatic N) is 3. The summed E-state index contributed by atoms with van der Waals surface area (Å²) in [6, 6.07) is 2.00. The average Bonchev–Trinajstić information content (AvgIpc) is 2.27. The Kier molecular flexibility index (Phi) is 3.94. The molecule has 1 aliphatic heterocycles. The van der Waals surface area contributed by atoms with Gasteiger partial charge in [0.15, 0.2) is 0 Å². The summed E-state index contributed by atoms with van der Waals surface area (Å²) in [6.45, 7) is 7.43. The van der Waals surface area contributed by atoms with E-state index in [1.54, 1.807) is 0 Å². The van der Waals surface area contributed by atoms with Crippen LogP contribution in [0.2, 0.25) is 0 Å². The van der Waals surface area contributed by atoms with Crippen LogP contribution in [-0.4, -0.2) is 41.5 Å². The van der Waals surface area contributed by atoms with Gasteiger partial charge in [-0.1, -0.05) is 0 Å². The lowest BCUT2D eigenvalue weighted by atomic mass is 9.97. The molecule has 0 atom stereocenters. The molecule has 1 saturated heterocycles. The molecule has 4 nitrogen and oxygen atoms in total. The minimum absolute atomic E-state index is 0.760. The third-order valence-corrected chi connectivity index (χ3v) is 3.37. The number of hydrogen-bond acceptors (Lipinski definition) is 4. The van der Waals surface area contributed by atoms with E-state index in [0.29, 0.717) is 0 Å². The Morgan fingerprint density at radius 1 is 1.24 bits per heavy atom. The topological polar surface area (TPSA) is 41.1 Å². The first kappa shape index (κ1) is 12.3. The monoisotopic (exact) mass is 234 g/mol. The molecule has 0 bridgehead atoms. The van der Waals surface area contributed by atoms with E-state index in [2.05, 4.69) is 27.2 Å². The molecule has 17 heavy (non-hydrogen) atoms. The lowest BCUT2D eigenvalue weighted by Gasteiger charge is -2.28. The number of anilines is 1. The van der Waals surface area contributed by atoms with E-state index in [4.69, 9.17) is 0 Å². The molecule has 2 heterocycles. The van der Waals surface area contributed by atoms with Crippen LogP contribution in [0.25, 0.3) is 0 Å². The van der Waals surface area contributed by atoms with Crippen molar-refractivity contribution in [2.45, 2.75) is 26.7 Å². The highest BCUT2D eigenvalue weighted by Gasteiger charge is 2.16. The SMILES string of the molecule is Cc1cc(C)nc(NCC2CCN(C)CC2)n1. The molecule has 1 aromatic heterocycles. The van der Waals surface area contributed by atoms with Crippen LogP contribution in [0.15, 0.2) is 6.07 Å². The van der Waals surface area contributed by atoms with Gasteiger partial charge in [-0.05, 0) is 58.8 Å². The Bertz CT molecular complexity index is 349. The van der Waals surface area contributed by atoms with Gasteiger partial charge in [0.1, 0.15) is 0 Å². The minimum atomic E-state index is 0.760. The maximum atomic E-state index is 4.40. The van der Waals surface area contributed by atoms with Gasteiger partial charge in [0, 0.05) is 17.9 Å². The number of rotatable bonds is 3. The van der Waals surface area contributed by atoms with Crippen molar-refractivity contribution in [3.63, 3.8) is 0 Å². The molecule has 94 valence electrons. The lowest BCUT2D eigenvalue weighted by Crippen LogP contribution is -2.33. The normalized spacial score (nSPS) is 18.3. The number of piperidine rings is 1. The summed E-state index contributed by atoms with van der Waals surface area (Å²) in [7, 11) is 2.19. The summed E-state index contributed by atoms with van der Waals surface area (Å²) in [6.07, 6.45) is 2.54. The fourth-order valence-electron chi connectivity index (χ4n) is 2.31. The van der Waals surface area contributed by atoms with Crippen molar-refractivity contribution in [3.8, 4) is 0 Å². The molecular weight excluding hydrogens is 212 g/mol. The third-order valence-electron chi connectivity index (χ3n) is 3.37. The zero-order chi connectivity index (χ0) is 12.3. The van der Waals surface area contributed by atoms with Crippen molar-refractivity contribution in [3.05, 3.63) is 17.5 Å². The molecule has 0 unspecified atom stereocenters. The van der Waals surface area contributed by atoms with Gasteiger partial charge in [0.05, 0.1) is 0 Å². The molecule has 0 spiro atoms.